The molecule has 6 nitrogen and oxygen atoms in total. The highest BCUT2D eigenvalue weighted by Gasteiger charge is 2.34. The maximum absolute atomic E-state index is 12.0. The first kappa shape index (κ1) is 20.1. The van der Waals surface area contributed by atoms with Crippen LogP contribution in [0.3, 0.4) is 0 Å². The summed E-state index contributed by atoms with van der Waals surface area (Å²) in [4.78, 5) is 12.0. The van der Waals surface area contributed by atoms with Gasteiger partial charge in [-0.05, 0) is 52.2 Å². The fraction of sp³-hybridized carbons (Fsp3) is 0.417. The molecule has 156 valence electrons. The Morgan fingerprint density at radius 2 is 1.93 bits per heavy atom. The fourth-order valence-corrected chi connectivity index (χ4v) is 4.08. The first-order valence-corrected chi connectivity index (χ1v) is 10.3. The minimum Gasteiger partial charge on any atom is -0.471 e. The minimum absolute atomic E-state index is 0.0220. The molecule has 0 spiro atoms. The molecule has 0 bridgehead atoms. The van der Waals surface area contributed by atoms with Crippen molar-refractivity contribution in [1.29, 1.82) is 5.26 Å². The summed E-state index contributed by atoms with van der Waals surface area (Å²) in [5.74, 6) is 0.591. The highest BCUT2D eigenvalue weighted by molar-refractivity contribution is 6.06. The van der Waals surface area contributed by atoms with Crippen molar-refractivity contribution in [3.63, 3.8) is 0 Å². The number of hydrogen-bond acceptors (Lipinski definition) is 5. The average molecular weight is 406 g/mol. The van der Waals surface area contributed by atoms with Crippen LogP contribution in [0.15, 0.2) is 46.9 Å². The maximum Gasteiger partial charge on any atom is 0.407 e. The number of amides is 1. The summed E-state index contributed by atoms with van der Waals surface area (Å²) < 4.78 is 17.5. The first-order valence-electron chi connectivity index (χ1n) is 10.3. The molecule has 1 amide bonds. The average Bonchev–Trinajstić information content (AvgIpc) is 3.29. The van der Waals surface area contributed by atoms with Crippen LogP contribution in [-0.4, -0.2) is 23.8 Å². The Labute approximate surface area is 175 Å². The lowest BCUT2D eigenvalue weighted by atomic mass is 10.0. The number of nitrogens with one attached hydrogen (secondary N) is 1. The van der Waals surface area contributed by atoms with Gasteiger partial charge in [-0.3, -0.25) is 0 Å². The molecule has 0 saturated heterocycles. The van der Waals surface area contributed by atoms with Crippen molar-refractivity contribution in [2.45, 2.75) is 57.8 Å². The summed E-state index contributed by atoms with van der Waals surface area (Å²) >= 11 is 0. The van der Waals surface area contributed by atoms with Gasteiger partial charge in [-0.25, -0.2) is 4.79 Å². The van der Waals surface area contributed by atoms with E-state index in [1.165, 1.54) is 0 Å². The minimum atomic E-state index is -0.616. The van der Waals surface area contributed by atoms with Crippen molar-refractivity contribution in [3.8, 4) is 11.8 Å². The Hall–Kier alpha value is -3.20. The number of alkyl carbamates (subject to hydrolysis) is 1. The zero-order valence-corrected chi connectivity index (χ0v) is 17.5. The van der Waals surface area contributed by atoms with Gasteiger partial charge in [0, 0.05) is 22.7 Å². The SMILES string of the molecule is CC(C)(C)OC(=O)N[C@@H]1CC[C@H](C(C#N)Oc2cccc3c2oc2ccccc23)C1. The molecule has 1 N–H and O–H groups in total. The summed E-state index contributed by atoms with van der Waals surface area (Å²) in [7, 11) is 0. The number of hydrogen-bond donors (Lipinski definition) is 1. The van der Waals surface area contributed by atoms with E-state index < -0.39 is 17.8 Å². The Bertz CT molecular complexity index is 1110. The smallest absolute Gasteiger partial charge is 0.407 e. The molecular formula is C24H26N2O4. The Morgan fingerprint density at radius 3 is 2.70 bits per heavy atom. The topological polar surface area (TPSA) is 84.5 Å². The predicted molar refractivity (Wildman–Crippen MR) is 114 cm³/mol. The van der Waals surface area contributed by atoms with Crippen LogP contribution in [0, 0.1) is 17.2 Å². The second-order valence-electron chi connectivity index (χ2n) is 8.81. The van der Waals surface area contributed by atoms with Crippen molar-refractivity contribution in [1.82, 2.24) is 5.32 Å². The molecule has 3 atom stereocenters. The lowest BCUT2D eigenvalue weighted by Crippen LogP contribution is -2.38. The number of nitriles is 1. The Morgan fingerprint density at radius 1 is 1.17 bits per heavy atom. The van der Waals surface area contributed by atoms with Crippen LogP contribution in [-0.2, 0) is 4.74 Å². The number of para-hydroxylation sites is 2. The van der Waals surface area contributed by atoms with Crippen LogP contribution in [0.1, 0.15) is 40.0 Å². The number of carbonyl (C=O) groups is 1. The first-order chi connectivity index (χ1) is 14.3. The van der Waals surface area contributed by atoms with E-state index in [2.05, 4.69) is 11.4 Å². The quantitative estimate of drug-likeness (QED) is 0.614. The Balaban J connectivity index is 1.47. The summed E-state index contributed by atoms with van der Waals surface area (Å²) in [6.45, 7) is 5.51. The van der Waals surface area contributed by atoms with Gasteiger partial charge in [0.25, 0.3) is 0 Å². The van der Waals surface area contributed by atoms with Crippen molar-refractivity contribution in [2.24, 2.45) is 5.92 Å². The highest BCUT2D eigenvalue weighted by atomic mass is 16.6. The van der Waals surface area contributed by atoms with Gasteiger partial charge in [-0.1, -0.05) is 30.3 Å². The van der Waals surface area contributed by atoms with Gasteiger partial charge in [-0.2, -0.15) is 5.26 Å². The van der Waals surface area contributed by atoms with E-state index in [0.29, 0.717) is 17.8 Å². The number of nitrogens with zero attached hydrogens (tertiary/aromatic N) is 1. The standard InChI is InChI=1S/C24H26N2O4/c1-24(2,3)30-23(27)26-16-12-11-15(13-16)21(14-25)28-20-10-6-8-18-17-7-4-5-9-19(17)29-22(18)20/h4-10,15-16,21H,11-13H2,1-3H3,(H,26,27)/t15-,16+,21?/m0/s1. The lowest BCUT2D eigenvalue weighted by molar-refractivity contribution is 0.0503. The zero-order valence-electron chi connectivity index (χ0n) is 17.5. The third-order valence-corrected chi connectivity index (χ3v) is 5.37. The normalized spacial score (nSPS) is 20.1. The molecule has 1 aliphatic carbocycles. The van der Waals surface area contributed by atoms with Crippen LogP contribution >= 0.6 is 0 Å². The third-order valence-electron chi connectivity index (χ3n) is 5.37. The van der Waals surface area contributed by atoms with E-state index in [-0.39, 0.29) is 12.0 Å². The molecule has 2 aromatic carbocycles. The Kier molecular flexibility index (Phi) is 5.29. The van der Waals surface area contributed by atoms with Crippen LogP contribution < -0.4 is 10.1 Å². The van der Waals surface area contributed by atoms with Crippen molar-refractivity contribution < 1.29 is 18.7 Å². The molecule has 6 heteroatoms. The summed E-state index contributed by atoms with van der Waals surface area (Å²) in [6, 6.07) is 15.8. The number of benzene rings is 2. The maximum atomic E-state index is 12.0. The second-order valence-corrected chi connectivity index (χ2v) is 8.81. The third kappa shape index (κ3) is 4.20. The molecule has 1 fully saturated rings. The summed E-state index contributed by atoms with van der Waals surface area (Å²) in [5.41, 5.74) is 0.908. The highest BCUT2D eigenvalue weighted by Crippen LogP contribution is 2.37. The number of ether oxygens (including phenoxy) is 2. The van der Waals surface area contributed by atoms with E-state index in [4.69, 9.17) is 13.9 Å². The predicted octanol–water partition coefficient (Wildman–Crippen LogP) is 5.55. The molecule has 3 aromatic rings. The van der Waals surface area contributed by atoms with Crippen LogP contribution in [0.2, 0.25) is 0 Å². The molecular weight excluding hydrogens is 380 g/mol. The molecule has 1 aromatic heterocycles. The van der Waals surface area contributed by atoms with Crippen molar-refractivity contribution >= 4 is 28.0 Å². The molecule has 0 radical (unpaired) electrons. The van der Waals surface area contributed by atoms with Crippen LogP contribution in [0.25, 0.3) is 21.9 Å². The molecule has 1 heterocycles. The van der Waals surface area contributed by atoms with Gasteiger partial charge in [0.1, 0.15) is 17.3 Å². The number of furan rings is 1. The van der Waals surface area contributed by atoms with Gasteiger partial charge in [0.2, 0.25) is 0 Å². The molecule has 4 rings (SSSR count). The monoisotopic (exact) mass is 406 g/mol. The summed E-state index contributed by atoms with van der Waals surface area (Å²) in [6.07, 6.45) is 1.23. The molecule has 30 heavy (non-hydrogen) atoms. The van der Waals surface area contributed by atoms with Crippen LogP contribution in [0.4, 0.5) is 4.79 Å². The van der Waals surface area contributed by atoms with Crippen molar-refractivity contribution in [3.05, 3.63) is 42.5 Å². The largest absolute Gasteiger partial charge is 0.471 e. The van der Waals surface area contributed by atoms with Gasteiger partial charge in [-0.15, -0.1) is 0 Å². The van der Waals surface area contributed by atoms with E-state index in [1.807, 2.05) is 63.2 Å². The summed E-state index contributed by atoms with van der Waals surface area (Å²) in [5, 5.41) is 14.7. The number of carbonyl (C=O) groups excluding carboxylic acids is 1. The zero-order chi connectivity index (χ0) is 21.3. The molecule has 0 aliphatic heterocycles. The van der Waals surface area contributed by atoms with Crippen LogP contribution in [0.5, 0.6) is 5.75 Å². The number of fused-ring (bicyclic) bond motifs is 3. The van der Waals surface area contributed by atoms with Gasteiger partial charge in [0.15, 0.2) is 17.4 Å². The van der Waals surface area contributed by atoms with Crippen molar-refractivity contribution in [2.75, 3.05) is 0 Å². The molecule has 1 unspecified atom stereocenters. The molecule has 1 aliphatic rings. The van der Waals surface area contributed by atoms with Gasteiger partial charge >= 0.3 is 6.09 Å². The second kappa shape index (κ2) is 7.91. The van der Waals surface area contributed by atoms with E-state index in [9.17, 15) is 10.1 Å². The van der Waals surface area contributed by atoms with Gasteiger partial charge < -0.3 is 19.2 Å². The number of rotatable bonds is 4. The molecule has 1 saturated carbocycles. The lowest BCUT2D eigenvalue weighted by Gasteiger charge is -2.22. The van der Waals surface area contributed by atoms with E-state index >= 15 is 0 Å². The van der Waals surface area contributed by atoms with E-state index in [1.54, 1.807) is 0 Å². The van der Waals surface area contributed by atoms with Gasteiger partial charge in [0.05, 0.1) is 0 Å². The van der Waals surface area contributed by atoms with E-state index in [0.717, 1.165) is 29.2 Å². The fourth-order valence-electron chi connectivity index (χ4n) is 4.08.